The van der Waals surface area contributed by atoms with Gasteiger partial charge in [-0.3, -0.25) is 9.67 Å². The molecule has 24 heavy (non-hydrogen) atoms. The minimum absolute atomic E-state index is 0.160. The molecule has 5 nitrogen and oxygen atoms in total. The Labute approximate surface area is 143 Å². The second-order valence-electron chi connectivity index (χ2n) is 5.77. The van der Waals surface area contributed by atoms with Crippen molar-refractivity contribution in [3.8, 4) is 0 Å². The summed E-state index contributed by atoms with van der Waals surface area (Å²) < 4.78 is 15.6. The highest BCUT2D eigenvalue weighted by Gasteiger charge is 2.03. The molecular formula is C18H26FN5. The molecule has 130 valence electrons. The maximum Gasteiger partial charge on any atom is 0.190 e. The summed E-state index contributed by atoms with van der Waals surface area (Å²) in [5.41, 5.74) is 2.94. The summed E-state index contributed by atoms with van der Waals surface area (Å²) in [6.45, 7) is 6.38. The number of hydrogen-bond acceptors (Lipinski definition) is 2. The zero-order chi connectivity index (χ0) is 17.4. The van der Waals surface area contributed by atoms with Gasteiger partial charge in [0.1, 0.15) is 5.82 Å². The minimum Gasteiger partial charge on any atom is -0.356 e. The van der Waals surface area contributed by atoms with Crippen LogP contribution in [0.1, 0.15) is 23.4 Å². The highest BCUT2D eigenvalue weighted by molar-refractivity contribution is 5.79. The molecule has 2 rings (SSSR count). The molecule has 0 radical (unpaired) electrons. The molecule has 2 N–H and O–H groups in total. The first-order chi connectivity index (χ1) is 11.6. The van der Waals surface area contributed by atoms with Gasteiger partial charge in [0.05, 0.1) is 5.69 Å². The molecule has 1 aromatic heterocycles. The summed E-state index contributed by atoms with van der Waals surface area (Å²) in [5.74, 6) is 0.576. The fourth-order valence-electron chi connectivity index (χ4n) is 2.57. The Balaban J connectivity index is 1.67. The van der Waals surface area contributed by atoms with Gasteiger partial charge in [-0.2, -0.15) is 5.10 Å². The van der Waals surface area contributed by atoms with Gasteiger partial charge in [0.2, 0.25) is 0 Å². The first-order valence-corrected chi connectivity index (χ1v) is 8.29. The second kappa shape index (κ2) is 9.05. The van der Waals surface area contributed by atoms with Gasteiger partial charge < -0.3 is 10.6 Å². The number of halogens is 1. The van der Waals surface area contributed by atoms with Crippen LogP contribution in [-0.2, 0) is 13.0 Å². The molecule has 2 aromatic rings. The Morgan fingerprint density at radius 3 is 2.62 bits per heavy atom. The molecule has 0 amide bonds. The number of benzene rings is 1. The predicted molar refractivity (Wildman–Crippen MR) is 95.8 cm³/mol. The topological polar surface area (TPSA) is 54.2 Å². The molecule has 0 aliphatic rings. The van der Waals surface area contributed by atoms with E-state index in [1.165, 1.54) is 11.8 Å². The van der Waals surface area contributed by atoms with Gasteiger partial charge in [-0.1, -0.05) is 18.2 Å². The summed E-state index contributed by atoms with van der Waals surface area (Å²) in [6, 6.07) is 8.93. The van der Waals surface area contributed by atoms with Crippen LogP contribution in [0.3, 0.4) is 0 Å². The van der Waals surface area contributed by atoms with Gasteiger partial charge in [0.15, 0.2) is 5.96 Å². The molecule has 0 atom stereocenters. The lowest BCUT2D eigenvalue weighted by molar-refractivity contribution is 0.555. The van der Waals surface area contributed by atoms with E-state index < -0.39 is 0 Å². The zero-order valence-electron chi connectivity index (χ0n) is 14.6. The van der Waals surface area contributed by atoms with Crippen molar-refractivity contribution in [3.05, 3.63) is 53.1 Å². The van der Waals surface area contributed by atoms with Crippen LogP contribution < -0.4 is 10.6 Å². The standard InChI is InChI=1S/C18H26FN5/c1-14-13-15(2)24(23-14)12-6-10-21-18(20-3)22-11-9-16-7-4-5-8-17(16)19/h4-5,7-8,13H,6,9-12H2,1-3H3,(H2,20,21,22). The van der Waals surface area contributed by atoms with Crippen LogP contribution in [0.4, 0.5) is 4.39 Å². The molecule has 0 spiro atoms. The van der Waals surface area contributed by atoms with Crippen molar-refractivity contribution in [2.75, 3.05) is 20.1 Å². The van der Waals surface area contributed by atoms with Crippen LogP contribution in [0.25, 0.3) is 0 Å². The Morgan fingerprint density at radius 2 is 1.96 bits per heavy atom. The lowest BCUT2D eigenvalue weighted by atomic mass is 10.1. The Hall–Kier alpha value is -2.37. The molecule has 1 heterocycles. The van der Waals surface area contributed by atoms with Gasteiger partial charge in [-0.25, -0.2) is 4.39 Å². The van der Waals surface area contributed by atoms with Crippen LogP contribution in [0.15, 0.2) is 35.3 Å². The van der Waals surface area contributed by atoms with Gasteiger partial charge in [0, 0.05) is 32.4 Å². The third kappa shape index (κ3) is 5.37. The molecule has 1 aromatic carbocycles. The molecule has 6 heteroatoms. The Kier molecular flexibility index (Phi) is 6.78. The fraction of sp³-hybridized carbons (Fsp3) is 0.444. The van der Waals surface area contributed by atoms with Crippen molar-refractivity contribution in [2.45, 2.75) is 33.2 Å². The van der Waals surface area contributed by atoms with E-state index in [0.717, 1.165) is 31.2 Å². The molecule has 0 bridgehead atoms. The summed E-state index contributed by atoms with van der Waals surface area (Å²) >= 11 is 0. The molecule has 0 aliphatic carbocycles. The number of guanidine groups is 1. The van der Waals surface area contributed by atoms with Crippen molar-refractivity contribution >= 4 is 5.96 Å². The van der Waals surface area contributed by atoms with Crippen molar-refractivity contribution in [1.29, 1.82) is 0 Å². The summed E-state index contributed by atoms with van der Waals surface area (Å²) in [5, 5.41) is 10.9. The molecule has 0 aliphatic heterocycles. The van der Waals surface area contributed by atoms with E-state index in [2.05, 4.69) is 33.7 Å². The summed E-state index contributed by atoms with van der Waals surface area (Å²) in [6.07, 6.45) is 1.58. The summed E-state index contributed by atoms with van der Waals surface area (Å²) in [7, 11) is 1.74. The molecule has 0 unspecified atom stereocenters. The van der Waals surface area contributed by atoms with Crippen LogP contribution in [0, 0.1) is 19.7 Å². The number of aryl methyl sites for hydroxylation is 3. The molecule has 0 saturated heterocycles. The van der Waals surface area contributed by atoms with Gasteiger partial charge in [0.25, 0.3) is 0 Å². The van der Waals surface area contributed by atoms with E-state index in [1.807, 2.05) is 23.7 Å². The number of rotatable bonds is 7. The minimum atomic E-state index is -0.160. The van der Waals surface area contributed by atoms with Crippen molar-refractivity contribution < 1.29 is 4.39 Å². The van der Waals surface area contributed by atoms with Gasteiger partial charge in [-0.05, 0) is 44.4 Å². The maximum absolute atomic E-state index is 13.6. The van der Waals surface area contributed by atoms with Gasteiger partial charge >= 0.3 is 0 Å². The normalized spacial score (nSPS) is 11.6. The van der Waals surface area contributed by atoms with E-state index in [9.17, 15) is 4.39 Å². The molecular weight excluding hydrogens is 305 g/mol. The number of nitrogens with one attached hydrogen (secondary N) is 2. The van der Waals surface area contributed by atoms with Crippen LogP contribution >= 0.6 is 0 Å². The van der Waals surface area contributed by atoms with Crippen molar-refractivity contribution in [3.63, 3.8) is 0 Å². The second-order valence-corrected chi connectivity index (χ2v) is 5.77. The van der Waals surface area contributed by atoms with Crippen LogP contribution in [0.5, 0.6) is 0 Å². The predicted octanol–water partition coefficient (Wildman–Crippen LogP) is 2.44. The average molecular weight is 331 g/mol. The lowest BCUT2D eigenvalue weighted by Gasteiger charge is -2.12. The smallest absolute Gasteiger partial charge is 0.190 e. The number of hydrogen-bond donors (Lipinski definition) is 2. The van der Waals surface area contributed by atoms with Crippen molar-refractivity contribution in [2.24, 2.45) is 4.99 Å². The average Bonchev–Trinajstić information content (AvgIpc) is 2.89. The van der Waals surface area contributed by atoms with E-state index in [4.69, 9.17) is 0 Å². The maximum atomic E-state index is 13.6. The fourth-order valence-corrected chi connectivity index (χ4v) is 2.57. The first kappa shape index (κ1) is 18.0. The van der Waals surface area contributed by atoms with Gasteiger partial charge in [-0.15, -0.1) is 0 Å². The van der Waals surface area contributed by atoms with E-state index in [0.29, 0.717) is 18.5 Å². The Bertz CT molecular complexity index is 678. The lowest BCUT2D eigenvalue weighted by Crippen LogP contribution is -2.39. The highest BCUT2D eigenvalue weighted by Crippen LogP contribution is 2.06. The van der Waals surface area contributed by atoms with Crippen LogP contribution in [0.2, 0.25) is 0 Å². The van der Waals surface area contributed by atoms with Crippen molar-refractivity contribution in [1.82, 2.24) is 20.4 Å². The van der Waals surface area contributed by atoms with Crippen LogP contribution in [-0.4, -0.2) is 35.9 Å². The summed E-state index contributed by atoms with van der Waals surface area (Å²) in [4.78, 5) is 4.19. The Morgan fingerprint density at radius 1 is 1.21 bits per heavy atom. The number of aliphatic imine (C=N–C) groups is 1. The van der Waals surface area contributed by atoms with E-state index in [1.54, 1.807) is 13.1 Å². The monoisotopic (exact) mass is 331 g/mol. The largest absolute Gasteiger partial charge is 0.356 e. The highest BCUT2D eigenvalue weighted by atomic mass is 19.1. The number of aromatic nitrogens is 2. The third-order valence-corrected chi connectivity index (χ3v) is 3.81. The zero-order valence-corrected chi connectivity index (χ0v) is 14.6. The molecule has 0 fully saturated rings. The SMILES string of the molecule is CN=C(NCCCn1nc(C)cc1C)NCCc1ccccc1F. The van der Waals surface area contributed by atoms with E-state index >= 15 is 0 Å². The van der Waals surface area contributed by atoms with E-state index in [-0.39, 0.29) is 5.82 Å². The third-order valence-electron chi connectivity index (χ3n) is 3.81. The number of nitrogens with zero attached hydrogens (tertiary/aromatic N) is 3. The first-order valence-electron chi connectivity index (χ1n) is 8.29. The quantitative estimate of drug-likeness (QED) is 0.465. The molecule has 0 saturated carbocycles.